The van der Waals surface area contributed by atoms with E-state index in [4.69, 9.17) is 4.74 Å². The van der Waals surface area contributed by atoms with Crippen molar-refractivity contribution >= 4 is 5.91 Å². The normalized spacial score (nSPS) is 20.7. The lowest BCUT2D eigenvalue weighted by Crippen LogP contribution is -2.48. The number of aromatic amines is 1. The number of amides is 1. The number of ether oxygens (including phenoxy) is 1. The Hall–Kier alpha value is -2.35. The van der Waals surface area contributed by atoms with Crippen molar-refractivity contribution in [1.29, 1.82) is 0 Å². The van der Waals surface area contributed by atoms with Crippen molar-refractivity contribution in [2.75, 3.05) is 13.2 Å². The predicted molar refractivity (Wildman–Crippen MR) is 93.1 cm³/mol. The first kappa shape index (κ1) is 19.4. The number of morpholine rings is 1. The van der Waals surface area contributed by atoms with E-state index in [2.05, 4.69) is 10.2 Å². The third kappa shape index (κ3) is 4.16. The van der Waals surface area contributed by atoms with Gasteiger partial charge in [-0.05, 0) is 38.5 Å². The molecular formula is C19H22F3N3O2. The van der Waals surface area contributed by atoms with Crippen molar-refractivity contribution in [1.82, 2.24) is 15.1 Å². The van der Waals surface area contributed by atoms with E-state index in [1.54, 1.807) is 11.0 Å². The van der Waals surface area contributed by atoms with E-state index >= 15 is 0 Å². The highest BCUT2D eigenvalue weighted by atomic mass is 19.4. The van der Waals surface area contributed by atoms with Crippen LogP contribution in [0.3, 0.4) is 0 Å². The summed E-state index contributed by atoms with van der Waals surface area (Å²) in [6, 6.07) is 4.94. The van der Waals surface area contributed by atoms with Gasteiger partial charge in [-0.15, -0.1) is 0 Å². The summed E-state index contributed by atoms with van der Waals surface area (Å²) in [5.41, 5.74) is 2.18. The molecule has 1 aliphatic heterocycles. The number of benzene rings is 1. The second kappa shape index (κ2) is 7.34. The molecule has 0 saturated carbocycles. The number of carbonyl (C=O) groups is 1. The summed E-state index contributed by atoms with van der Waals surface area (Å²) < 4.78 is 44.7. The van der Waals surface area contributed by atoms with E-state index in [1.165, 1.54) is 6.07 Å². The number of alkyl halides is 3. The highest BCUT2D eigenvalue weighted by Crippen LogP contribution is 2.33. The molecule has 27 heavy (non-hydrogen) atoms. The molecule has 2 atom stereocenters. The Morgan fingerprint density at radius 3 is 2.74 bits per heavy atom. The number of nitrogens with zero attached hydrogens (tertiary/aromatic N) is 2. The summed E-state index contributed by atoms with van der Waals surface area (Å²) in [7, 11) is 0. The van der Waals surface area contributed by atoms with Crippen LogP contribution >= 0.6 is 0 Å². The van der Waals surface area contributed by atoms with Crippen molar-refractivity contribution < 1.29 is 22.7 Å². The Balaban J connectivity index is 1.77. The average molecular weight is 381 g/mol. The van der Waals surface area contributed by atoms with Gasteiger partial charge in [0.15, 0.2) is 0 Å². The van der Waals surface area contributed by atoms with Crippen LogP contribution in [0.5, 0.6) is 0 Å². The van der Waals surface area contributed by atoms with Gasteiger partial charge in [0, 0.05) is 11.3 Å². The molecule has 0 bridgehead atoms. The molecule has 2 aromatic rings. The molecule has 1 aromatic carbocycles. The number of aryl methyl sites for hydroxylation is 2. The molecule has 1 amide bonds. The predicted octanol–water partition coefficient (Wildman–Crippen LogP) is 3.58. The van der Waals surface area contributed by atoms with Crippen LogP contribution in [0.4, 0.5) is 13.2 Å². The monoisotopic (exact) mass is 381 g/mol. The SMILES string of the molecule is Cc1n[nH]c(C)c1CC(=O)N1CC(c2cccc(C(F)(F)F)c2)OCC1C. The highest BCUT2D eigenvalue weighted by molar-refractivity contribution is 5.79. The molecule has 1 aliphatic rings. The van der Waals surface area contributed by atoms with Gasteiger partial charge in [0.25, 0.3) is 0 Å². The topological polar surface area (TPSA) is 58.2 Å². The first-order chi connectivity index (χ1) is 12.7. The molecule has 1 N–H and O–H groups in total. The minimum Gasteiger partial charge on any atom is -0.370 e. The Bertz CT molecular complexity index is 812. The highest BCUT2D eigenvalue weighted by Gasteiger charge is 2.34. The minimum absolute atomic E-state index is 0.0876. The molecule has 5 nitrogen and oxygen atoms in total. The first-order valence-electron chi connectivity index (χ1n) is 8.75. The van der Waals surface area contributed by atoms with Crippen molar-refractivity contribution in [3.8, 4) is 0 Å². The molecule has 0 aliphatic carbocycles. The fourth-order valence-corrected chi connectivity index (χ4v) is 3.31. The summed E-state index contributed by atoms with van der Waals surface area (Å²) in [5.74, 6) is -0.0876. The zero-order valence-corrected chi connectivity index (χ0v) is 15.4. The van der Waals surface area contributed by atoms with E-state index in [-0.39, 0.29) is 31.5 Å². The maximum atomic E-state index is 13.0. The molecule has 3 rings (SSSR count). The standard InChI is InChI=1S/C19H22F3N3O2/c1-11-10-27-17(14-5-4-6-15(7-14)19(20,21)22)9-25(11)18(26)8-16-12(2)23-24-13(16)3/h4-7,11,17H,8-10H2,1-3H3,(H,23,24). The molecule has 1 fully saturated rings. The number of rotatable bonds is 3. The van der Waals surface area contributed by atoms with Crippen LogP contribution in [-0.2, 0) is 22.1 Å². The quantitative estimate of drug-likeness (QED) is 0.884. The summed E-state index contributed by atoms with van der Waals surface area (Å²) in [4.78, 5) is 14.5. The smallest absolute Gasteiger partial charge is 0.370 e. The number of hydrogen-bond acceptors (Lipinski definition) is 3. The fourth-order valence-electron chi connectivity index (χ4n) is 3.31. The zero-order chi connectivity index (χ0) is 19.8. The van der Waals surface area contributed by atoms with Crippen LogP contribution in [-0.4, -0.2) is 40.2 Å². The molecule has 146 valence electrons. The largest absolute Gasteiger partial charge is 0.416 e. The van der Waals surface area contributed by atoms with Crippen LogP contribution in [0.2, 0.25) is 0 Å². The van der Waals surface area contributed by atoms with Gasteiger partial charge >= 0.3 is 6.18 Å². The number of nitrogens with one attached hydrogen (secondary N) is 1. The molecular weight excluding hydrogens is 359 g/mol. The molecule has 2 unspecified atom stereocenters. The van der Waals surface area contributed by atoms with Gasteiger partial charge in [0.05, 0.1) is 36.9 Å². The van der Waals surface area contributed by atoms with Gasteiger partial charge in [-0.2, -0.15) is 18.3 Å². The van der Waals surface area contributed by atoms with E-state index in [9.17, 15) is 18.0 Å². The average Bonchev–Trinajstić information content (AvgIpc) is 2.93. The van der Waals surface area contributed by atoms with E-state index in [0.29, 0.717) is 5.56 Å². The lowest BCUT2D eigenvalue weighted by Gasteiger charge is -2.38. The molecule has 2 heterocycles. The lowest BCUT2D eigenvalue weighted by atomic mass is 10.0. The van der Waals surface area contributed by atoms with Gasteiger partial charge in [-0.1, -0.05) is 12.1 Å². The minimum atomic E-state index is -4.41. The number of carbonyl (C=O) groups excluding carboxylic acids is 1. The second-order valence-electron chi connectivity index (χ2n) is 6.93. The molecule has 1 aromatic heterocycles. The zero-order valence-electron chi connectivity index (χ0n) is 15.4. The summed E-state index contributed by atoms with van der Waals surface area (Å²) in [6.07, 6.45) is -4.79. The summed E-state index contributed by atoms with van der Waals surface area (Å²) >= 11 is 0. The lowest BCUT2D eigenvalue weighted by molar-refractivity contribution is -0.144. The van der Waals surface area contributed by atoms with Crippen molar-refractivity contribution in [3.05, 3.63) is 52.3 Å². The third-order valence-corrected chi connectivity index (χ3v) is 4.95. The van der Waals surface area contributed by atoms with Gasteiger partial charge in [0.1, 0.15) is 6.10 Å². The van der Waals surface area contributed by atoms with Gasteiger partial charge in [-0.25, -0.2) is 0 Å². The fraction of sp³-hybridized carbons (Fsp3) is 0.474. The van der Waals surface area contributed by atoms with Crippen molar-refractivity contribution in [2.45, 2.75) is 45.5 Å². The van der Waals surface area contributed by atoms with Crippen LogP contribution in [0, 0.1) is 13.8 Å². The van der Waals surface area contributed by atoms with E-state index < -0.39 is 17.8 Å². The summed E-state index contributed by atoms with van der Waals surface area (Å²) in [6.45, 7) is 6.06. The molecule has 1 saturated heterocycles. The third-order valence-electron chi connectivity index (χ3n) is 4.95. The molecule has 0 spiro atoms. The van der Waals surface area contributed by atoms with Crippen LogP contribution < -0.4 is 0 Å². The maximum absolute atomic E-state index is 13.0. The van der Waals surface area contributed by atoms with Gasteiger partial charge < -0.3 is 9.64 Å². The Morgan fingerprint density at radius 2 is 2.11 bits per heavy atom. The Kier molecular flexibility index (Phi) is 5.28. The second-order valence-corrected chi connectivity index (χ2v) is 6.93. The van der Waals surface area contributed by atoms with Crippen LogP contribution in [0.1, 0.15) is 41.1 Å². The van der Waals surface area contributed by atoms with E-state index in [0.717, 1.165) is 29.1 Å². The van der Waals surface area contributed by atoms with Crippen LogP contribution in [0.25, 0.3) is 0 Å². The Morgan fingerprint density at radius 1 is 1.37 bits per heavy atom. The van der Waals surface area contributed by atoms with Crippen LogP contribution in [0.15, 0.2) is 24.3 Å². The molecule has 8 heteroatoms. The summed E-state index contributed by atoms with van der Waals surface area (Å²) in [5, 5.41) is 6.96. The number of halogens is 3. The Labute approximate surface area is 155 Å². The first-order valence-corrected chi connectivity index (χ1v) is 8.75. The van der Waals surface area contributed by atoms with E-state index in [1.807, 2.05) is 20.8 Å². The number of aromatic nitrogens is 2. The van der Waals surface area contributed by atoms with Gasteiger partial charge in [0.2, 0.25) is 5.91 Å². The maximum Gasteiger partial charge on any atom is 0.416 e. The van der Waals surface area contributed by atoms with Crippen molar-refractivity contribution in [3.63, 3.8) is 0 Å². The molecule has 0 radical (unpaired) electrons. The number of hydrogen-bond donors (Lipinski definition) is 1. The van der Waals surface area contributed by atoms with Crippen molar-refractivity contribution in [2.24, 2.45) is 0 Å². The number of H-pyrrole nitrogens is 1. The van der Waals surface area contributed by atoms with Gasteiger partial charge in [-0.3, -0.25) is 9.89 Å².